The lowest BCUT2D eigenvalue weighted by atomic mass is 9.78. The van der Waals surface area contributed by atoms with Crippen LogP contribution in [0.2, 0.25) is 0 Å². The van der Waals surface area contributed by atoms with Gasteiger partial charge in [0.1, 0.15) is 18.0 Å². The quantitative estimate of drug-likeness (QED) is 0.176. The van der Waals surface area contributed by atoms with Crippen LogP contribution in [0.1, 0.15) is 33.9 Å². The van der Waals surface area contributed by atoms with Crippen LogP contribution in [0, 0.1) is 6.92 Å². The van der Waals surface area contributed by atoms with Crippen LogP contribution < -0.4 is 9.64 Å². The first-order valence-electron chi connectivity index (χ1n) is 14.2. The molecule has 1 aliphatic rings. The summed E-state index contributed by atoms with van der Waals surface area (Å²) >= 11 is 3.59. The Hall–Kier alpha value is -4.68. The van der Waals surface area contributed by atoms with Gasteiger partial charge in [0, 0.05) is 15.6 Å². The zero-order chi connectivity index (χ0) is 30.0. The van der Waals surface area contributed by atoms with Gasteiger partial charge in [-0.05, 0) is 61.0 Å². The summed E-state index contributed by atoms with van der Waals surface area (Å²) in [7, 11) is 1.64. The van der Waals surface area contributed by atoms with Gasteiger partial charge in [0.25, 0.3) is 11.4 Å². The van der Waals surface area contributed by atoms with Crippen molar-refractivity contribution < 1.29 is 19.2 Å². The van der Waals surface area contributed by atoms with Gasteiger partial charge in [-0.15, -0.1) is 0 Å². The number of hydrogen-bond acceptors (Lipinski definition) is 3. The molecular formula is C37H32BrN2O3+. The number of rotatable bonds is 8. The van der Waals surface area contributed by atoms with E-state index in [1.54, 1.807) is 7.11 Å². The highest BCUT2D eigenvalue weighted by atomic mass is 79.9. The molecule has 6 rings (SSSR count). The number of carboxylic acid groups (broad SMARTS) is 1. The fourth-order valence-electron chi connectivity index (χ4n) is 6.13. The van der Waals surface area contributed by atoms with Gasteiger partial charge in [0.05, 0.1) is 12.7 Å². The molecule has 0 aromatic heterocycles. The van der Waals surface area contributed by atoms with Gasteiger partial charge in [0.15, 0.2) is 6.04 Å². The van der Waals surface area contributed by atoms with Crippen molar-refractivity contribution >= 4 is 33.4 Å². The number of para-hydroxylation sites is 1. The highest BCUT2D eigenvalue weighted by Gasteiger charge is 2.66. The summed E-state index contributed by atoms with van der Waals surface area (Å²) < 4.78 is 8.50. The maximum atomic E-state index is 14.2. The highest BCUT2D eigenvalue weighted by Crippen LogP contribution is 2.51. The Bertz CT molecular complexity index is 1750. The molecule has 0 amide bonds. The summed E-state index contributed by atoms with van der Waals surface area (Å²) in [6.07, 6.45) is 0. The van der Waals surface area contributed by atoms with Crippen molar-refractivity contribution in [2.24, 2.45) is 0 Å². The highest BCUT2D eigenvalue weighted by molar-refractivity contribution is 9.10. The number of methoxy groups -OCH3 is 1. The van der Waals surface area contributed by atoms with Crippen molar-refractivity contribution in [1.29, 1.82) is 0 Å². The van der Waals surface area contributed by atoms with E-state index in [4.69, 9.17) is 4.74 Å². The first-order chi connectivity index (χ1) is 20.9. The standard InChI is InChI=1S/C37H31BrN2O3/c1-26-13-19-30(20-14-26)37(36(41)42)34(28-15-21-31(38)22-16-28)40(32-11-7-4-8-12-32)35(29-17-23-33(43-2)24-18-29)39(37)25-27-9-5-3-6-10-27/h3-24,34H,25H2,1-2H3/p+1. The van der Waals surface area contributed by atoms with E-state index < -0.39 is 17.6 Å². The molecule has 43 heavy (non-hydrogen) atoms. The molecule has 0 saturated carbocycles. The minimum Gasteiger partial charge on any atom is -0.497 e. The molecule has 2 unspecified atom stereocenters. The van der Waals surface area contributed by atoms with Gasteiger partial charge in [0.2, 0.25) is 0 Å². The summed E-state index contributed by atoms with van der Waals surface area (Å²) in [6, 6.07) is 43.3. The number of benzene rings is 5. The van der Waals surface area contributed by atoms with Crippen LogP contribution >= 0.6 is 15.9 Å². The van der Waals surface area contributed by atoms with Gasteiger partial charge in [-0.3, -0.25) is 0 Å². The molecular weight excluding hydrogens is 600 g/mol. The van der Waals surface area contributed by atoms with Crippen molar-refractivity contribution in [3.8, 4) is 5.75 Å². The normalized spacial score (nSPS) is 18.1. The molecule has 0 radical (unpaired) electrons. The Morgan fingerprint density at radius 2 is 1.44 bits per heavy atom. The van der Waals surface area contributed by atoms with Gasteiger partial charge < -0.3 is 9.84 Å². The van der Waals surface area contributed by atoms with Crippen molar-refractivity contribution in [3.05, 3.63) is 166 Å². The van der Waals surface area contributed by atoms with Gasteiger partial charge in [-0.25, -0.2) is 14.3 Å². The number of anilines is 1. The molecule has 0 fully saturated rings. The number of aryl methyl sites for hydroxylation is 1. The first kappa shape index (κ1) is 28.4. The summed E-state index contributed by atoms with van der Waals surface area (Å²) in [6.45, 7) is 2.39. The lowest BCUT2D eigenvalue weighted by molar-refractivity contribution is -0.612. The third-order valence-electron chi connectivity index (χ3n) is 8.13. The molecule has 1 aliphatic heterocycles. The largest absolute Gasteiger partial charge is 0.497 e. The Morgan fingerprint density at radius 1 is 0.837 bits per heavy atom. The summed E-state index contributed by atoms with van der Waals surface area (Å²) in [5.74, 6) is 0.606. The van der Waals surface area contributed by atoms with Crippen LogP contribution in [0.5, 0.6) is 5.75 Å². The van der Waals surface area contributed by atoms with Gasteiger partial charge in [-0.1, -0.05) is 106 Å². The van der Waals surface area contributed by atoms with E-state index >= 15 is 0 Å². The summed E-state index contributed by atoms with van der Waals surface area (Å²) in [5, 5.41) is 11.6. The molecule has 0 bridgehead atoms. The maximum Gasteiger partial charge on any atom is 0.362 e. The van der Waals surface area contributed by atoms with Crippen LogP contribution in [-0.2, 0) is 16.9 Å². The average Bonchev–Trinajstić information content (AvgIpc) is 3.34. The summed E-state index contributed by atoms with van der Waals surface area (Å²) in [5.41, 5.74) is 3.96. The fourth-order valence-corrected chi connectivity index (χ4v) is 6.39. The van der Waals surface area contributed by atoms with Crippen molar-refractivity contribution in [1.82, 2.24) is 0 Å². The molecule has 0 spiro atoms. The minimum atomic E-state index is -1.50. The number of carboxylic acids is 1. The fraction of sp³-hybridized carbons (Fsp3) is 0.135. The molecule has 5 nitrogen and oxygen atoms in total. The molecule has 0 saturated heterocycles. The number of aliphatic carboxylic acids is 1. The predicted octanol–water partition coefficient (Wildman–Crippen LogP) is 7.97. The maximum absolute atomic E-state index is 14.2. The van der Waals surface area contributed by atoms with E-state index in [1.807, 2.05) is 140 Å². The lowest BCUT2D eigenvalue weighted by Crippen LogP contribution is -2.49. The van der Waals surface area contributed by atoms with Crippen LogP contribution in [0.4, 0.5) is 5.69 Å². The molecule has 1 N–H and O–H groups in total. The molecule has 2 atom stereocenters. The van der Waals surface area contributed by atoms with E-state index in [-0.39, 0.29) is 0 Å². The molecule has 5 aromatic rings. The second kappa shape index (κ2) is 11.9. The Labute approximate surface area is 260 Å². The van der Waals surface area contributed by atoms with E-state index in [2.05, 4.69) is 25.4 Å². The Kier molecular flexibility index (Phi) is 7.87. The average molecular weight is 633 g/mol. The second-order valence-electron chi connectivity index (χ2n) is 10.7. The zero-order valence-corrected chi connectivity index (χ0v) is 25.6. The van der Waals surface area contributed by atoms with E-state index in [9.17, 15) is 9.90 Å². The van der Waals surface area contributed by atoms with Crippen molar-refractivity contribution in [2.75, 3.05) is 12.0 Å². The Morgan fingerprint density at radius 3 is 2.02 bits per heavy atom. The SMILES string of the molecule is COc1ccc(C2=[N+](Cc3ccccc3)C(C(=O)O)(c3ccc(C)cc3)C(c3ccc(Br)cc3)N2c2ccccc2)cc1. The van der Waals surface area contributed by atoms with Crippen LogP contribution in [0.25, 0.3) is 0 Å². The molecule has 1 heterocycles. The van der Waals surface area contributed by atoms with Crippen LogP contribution in [0.15, 0.2) is 138 Å². The van der Waals surface area contributed by atoms with Crippen LogP contribution in [0.3, 0.4) is 0 Å². The minimum absolute atomic E-state index is 0.374. The number of amidine groups is 1. The first-order valence-corrected chi connectivity index (χ1v) is 15.0. The predicted molar refractivity (Wildman–Crippen MR) is 174 cm³/mol. The number of halogens is 1. The van der Waals surface area contributed by atoms with Gasteiger partial charge in [-0.2, -0.15) is 0 Å². The van der Waals surface area contributed by atoms with E-state index in [0.717, 1.165) is 44.0 Å². The molecule has 214 valence electrons. The van der Waals surface area contributed by atoms with E-state index in [0.29, 0.717) is 12.1 Å². The topological polar surface area (TPSA) is 52.8 Å². The van der Waals surface area contributed by atoms with E-state index in [1.165, 1.54) is 0 Å². The zero-order valence-electron chi connectivity index (χ0n) is 24.0. The monoisotopic (exact) mass is 631 g/mol. The third kappa shape index (κ3) is 5.12. The molecule has 0 aliphatic carbocycles. The summed E-state index contributed by atoms with van der Waals surface area (Å²) in [4.78, 5) is 16.4. The van der Waals surface area contributed by atoms with Crippen molar-refractivity contribution in [2.45, 2.75) is 25.0 Å². The smallest absolute Gasteiger partial charge is 0.362 e. The third-order valence-corrected chi connectivity index (χ3v) is 8.66. The number of hydrogen-bond donors (Lipinski definition) is 1. The second-order valence-corrected chi connectivity index (χ2v) is 11.6. The van der Waals surface area contributed by atoms with Crippen molar-refractivity contribution in [3.63, 3.8) is 0 Å². The Balaban J connectivity index is 1.77. The number of ether oxygens (including phenoxy) is 1. The molecule has 6 heteroatoms. The number of carbonyl (C=O) groups is 1. The lowest BCUT2D eigenvalue weighted by Gasteiger charge is -2.33. The molecule has 5 aromatic carbocycles. The van der Waals surface area contributed by atoms with Crippen LogP contribution in [-0.4, -0.2) is 28.6 Å². The van der Waals surface area contributed by atoms with Gasteiger partial charge >= 0.3 is 5.97 Å². The number of nitrogens with zero attached hydrogens (tertiary/aromatic N) is 2.